The third-order valence-electron chi connectivity index (χ3n) is 4.91. The second-order valence-electron chi connectivity index (χ2n) is 6.26. The number of hydrogen-bond donors (Lipinski definition) is 2. The molecular weight excluding hydrogens is 292 g/mol. The van der Waals surface area contributed by atoms with Gasteiger partial charge in [0.1, 0.15) is 6.04 Å². The molecule has 3 fully saturated rings. The van der Waals surface area contributed by atoms with Crippen molar-refractivity contribution in [2.24, 2.45) is 5.92 Å². The van der Waals surface area contributed by atoms with Crippen molar-refractivity contribution in [1.82, 2.24) is 10.2 Å². The number of carboxylic acids is 1. The van der Waals surface area contributed by atoms with Crippen LogP contribution in [0.4, 0.5) is 0 Å². The molecule has 0 radical (unpaired) electrons. The first-order valence-electron chi connectivity index (χ1n) is 7.42. The Morgan fingerprint density at radius 2 is 2.19 bits per heavy atom. The van der Waals surface area contributed by atoms with Gasteiger partial charge in [-0.25, -0.2) is 0 Å². The molecule has 2 aliphatic heterocycles. The van der Waals surface area contributed by atoms with Crippen molar-refractivity contribution >= 4 is 29.5 Å². The molecule has 7 heteroatoms. The zero-order valence-electron chi connectivity index (χ0n) is 12.0. The van der Waals surface area contributed by atoms with E-state index in [0.29, 0.717) is 25.0 Å². The third-order valence-corrected chi connectivity index (χ3v) is 6.41. The van der Waals surface area contributed by atoms with Crippen molar-refractivity contribution in [2.75, 3.05) is 5.75 Å². The van der Waals surface area contributed by atoms with Crippen LogP contribution in [0.5, 0.6) is 0 Å². The molecule has 3 rings (SSSR count). The molecule has 0 aromatic heterocycles. The average Bonchev–Trinajstić information content (AvgIpc) is 3.06. The summed E-state index contributed by atoms with van der Waals surface area (Å²) in [5.41, 5.74) is 0. The fourth-order valence-electron chi connectivity index (χ4n) is 3.72. The molecule has 1 saturated carbocycles. The molecule has 21 heavy (non-hydrogen) atoms. The Morgan fingerprint density at radius 3 is 2.90 bits per heavy atom. The predicted octanol–water partition coefficient (Wildman–Crippen LogP) is 0.810. The van der Waals surface area contributed by atoms with Crippen LogP contribution in [0.15, 0.2) is 0 Å². The van der Waals surface area contributed by atoms with Crippen molar-refractivity contribution < 1.29 is 19.5 Å². The summed E-state index contributed by atoms with van der Waals surface area (Å²) in [6.45, 7) is 2.01. The summed E-state index contributed by atoms with van der Waals surface area (Å²) >= 11 is 1.65. The number of carbonyl (C=O) groups excluding carboxylic acids is 2. The zero-order chi connectivity index (χ0) is 15.2. The fourth-order valence-corrected chi connectivity index (χ4v) is 5.15. The summed E-state index contributed by atoms with van der Waals surface area (Å²) in [6, 6.07) is -0.755. The highest BCUT2D eigenvalue weighted by Gasteiger charge is 2.53. The number of rotatable bonds is 3. The van der Waals surface area contributed by atoms with Crippen molar-refractivity contribution in [3.05, 3.63) is 0 Å². The van der Waals surface area contributed by atoms with E-state index < -0.39 is 17.9 Å². The van der Waals surface area contributed by atoms with Gasteiger partial charge in [0.15, 0.2) is 0 Å². The number of amides is 2. The summed E-state index contributed by atoms with van der Waals surface area (Å²) in [5.74, 6) is -0.911. The highest BCUT2D eigenvalue weighted by molar-refractivity contribution is 8.01. The lowest BCUT2D eigenvalue weighted by Gasteiger charge is -2.30. The fraction of sp³-hybridized carbons (Fsp3) is 0.786. The maximum absolute atomic E-state index is 12.5. The lowest BCUT2D eigenvalue weighted by Crippen LogP contribution is -2.53. The van der Waals surface area contributed by atoms with Gasteiger partial charge >= 0.3 is 5.97 Å². The van der Waals surface area contributed by atoms with Crippen LogP contribution in [0.25, 0.3) is 0 Å². The third kappa shape index (κ3) is 2.41. The lowest BCUT2D eigenvalue weighted by atomic mass is 10.0. The summed E-state index contributed by atoms with van der Waals surface area (Å²) in [4.78, 5) is 37.1. The molecule has 0 aromatic carbocycles. The van der Waals surface area contributed by atoms with E-state index in [9.17, 15) is 19.5 Å². The monoisotopic (exact) mass is 312 g/mol. The van der Waals surface area contributed by atoms with Gasteiger partial charge in [-0.05, 0) is 26.2 Å². The standard InChI is InChI=1S/C14H20N2O4S/c1-14-6-5-11(17)16(14)10(7-21-14)12(18)15-9-4-2-3-8(9)13(19)20/h8-10H,2-7H2,1H3,(H,15,18)(H,19,20). The molecule has 0 bridgehead atoms. The molecule has 0 aromatic rings. The maximum atomic E-state index is 12.5. The minimum Gasteiger partial charge on any atom is -0.481 e. The smallest absolute Gasteiger partial charge is 0.308 e. The second kappa shape index (κ2) is 5.19. The lowest BCUT2D eigenvalue weighted by molar-refractivity contribution is -0.143. The summed E-state index contributed by atoms with van der Waals surface area (Å²) in [7, 11) is 0. The largest absolute Gasteiger partial charge is 0.481 e. The van der Waals surface area contributed by atoms with Gasteiger partial charge < -0.3 is 15.3 Å². The minimum absolute atomic E-state index is 0.0313. The molecule has 2 amide bonds. The molecule has 1 aliphatic carbocycles. The van der Waals surface area contributed by atoms with Crippen LogP contribution in [0.3, 0.4) is 0 Å². The quantitative estimate of drug-likeness (QED) is 0.805. The number of aliphatic carboxylic acids is 1. The zero-order valence-corrected chi connectivity index (χ0v) is 12.8. The van der Waals surface area contributed by atoms with Gasteiger partial charge in [-0.1, -0.05) is 6.42 Å². The first-order chi connectivity index (χ1) is 9.92. The molecule has 0 spiro atoms. The summed E-state index contributed by atoms with van der Waals surface area (Å²) in [6.07, 6.45) is 3.41. The van der Waals surface area contributed by atoms with Crippen LogP contribution in [-0.4, -0.2) is 50.5 Å². The van der Waals surface area contributed by atoms with Gasteiger partial charge in [-0.2, -0.15) is 0 Å². The van der Waals surface area contributed by atoms with Crippen LogP contribution < -0.4 is 5.32 Å². The van der Waals surface area contributed by atoms with Gasteiger partial charge in [0.05, 0.1) is 10.8 Å². The molecule has 2 heterocycles. The summed E-state index contributed by atoms with van der Waals surface area (Å²) < 4.78 is 0. The Bertz CT molecular complexity index is 497. The van der Waals surface area contributed by atoms with Gasteiger partial charge in [0, 0.05) is 18.2 Å². The highest BCUT2D eigenvalue weighted by atomic mass is 32.2. The molecule has 4 unspecified atom stereocenters. The minimum atomic E-state index is -0.847. The van der Waals surface area contributed by atoms with E-state index in [0.717, 1.165) is 12.8 Å². The van der Waals surface area contributed by atoms with Gasteiger partial charge in [-0.15, -0.1) is 11.8 Å². The Labute approximate surface area is 127 Å². The van der Waals surface area contributed by atoms with Crippen LogP contribution in [-0.2, 0) is 14.4 Å². The van der Waals surface area contributed by atoms with Crippen LogP contribution in [0, 0.1) is 5.92 Å². The average molecular weight is 312 g/mol. The number of nitrogens with one attached hydrogen (secondary N) is 1. The number of hydrogen-bond acceptors (Lipinski definition) is 4. The number of thioether (sulfide) groups is 1. The molecule has 116 valence electrons. The van der Waals surface area contributed by atoms with Crippen molar-refractivity contribution in [2.45, 2.75) is 56.0 Å². The second-order valence-corrected chi connectivity index (χ2v) is 7.76. The van der Waals surface area contributed by atoms with E-state index in [-0.39, 0.29) is 22.7 Å². The molecule has 6 nitrogen and oxygen atoms in total. The van der Waals surface area contributed by atoms with E-state index >= 15 is 0 Å². The van der Waals surface area contributed by atoms with E-state index in [1.54, 1.807) is 16.7 Å². The first kappa shape index (κ1) is 14.7. The van der Waals surface area contributed by atoms with E-state index in [2.05, 4.69) is 5.32 Å². The number of nitrogens with zero attached hydrogens (tertiary/aromatic N) is 1. The van der Waals surface area contributed by atoms with Gasteiger partial charge in [0.2, 0.25) is 11.8 Å². The highest BCUT2D eigenvalue weighted by Crippen LogP contribution is 2.47. The Morgan fingerprint density at radius 1 is 1.43 bits per heavy atom. The van der Waals surface area contributed by atoms with Crippen LogP contribution in [0.1, 0.15) is 39.0 Å². The van der Waals surface area contributed by atoms with E-state index in [1.807, 2.05) is 6.92 Å². The van der Waals surface area contributed by atoms with Gasteiger partial charge in [0.25, 0.3) is 0 Å². The van der Waals surface area contributed by atoms with Crippen molar-refractivity contribution in [3.8, 4) is 0 Å². The van der Waals surface area contributed by atoms with Crippen LogP contribution >= 0.6 is 11.8 Å². The van der Waals surface area contributed by atoms with Crippen LogP contribution in [0.2, 0.25) is 0 Å². The first-order valence-corrected chi connectivity index (χ1v) is 8.40. The molecule has 3 aliphatic rings. The Balaban J connectivity index is 1.69. The molecule has 2 saturated heterocycles. The summed E-state index contributed by atoms with van der Waals surface area (Å²) in [5, 5.41) is 12.1. The van der Waals surface area contributed by atoms with Gasteiger partial charge in [-0.3, -0.25) is 14.4 Å². The maximum Gasteiger partial charge on any atom is 0.308 e. The van der Waals surface area contributed by atoms with Crippen molar-refractivity contribution in [1.29, 1.82) is 0 Å². The molecular formula is C14H20N2O4S. The SMILES string of the molecule is CC12CCC(=O)N1C(C(=O)NC1CCCC1C(=O)O)CS2. The number of fused-ring (bicyclic) bond motifs is 1. The number of carboxylic acid groups (broad SMARTS) is 1. The topological polar surface area (TPSA) is 86.7 Å². The van der Waals surface area contributed by atoms with Crippen molar-refractivity contribution in [3.63, 3.8) is 0 Å². The number of carbonyl (C=O) groups is 3. The van der Waals surface area contributed by atoms with E-state index in [1.165, 1.54) is 0 Å². The normalized spacial score (nSPS) is 38.6. The Hall–Kier alpha value is -1.24. The Kier molecular flexibility index (Phi) is 3.63. The van der Waals surface area contributed by atoms with E-state index in [4.69, 9.17) is 0 Å². The molecule has 4 atom stereocenters. The predicted molar refractivity (Wildman–Crippen MR) is 77.6 cm³/mol. The molecule has 2 N–H and O–H groups in total.